The Hall–Kier alpha value is -2.47. The first kappa shape index (κ1) is 14.0. The summed E-state index contributed by atoms with van der Waals surface area (Å²) in [5.74, 6) is 0.613. The van der Waals surface area contributed by atoms with E-state index in [1.807, 2.05) is 30.3 Å². The van der Waals surface area contributed by atoms with Crippen LogP contribution in [-0.4, -0.2) is 16.5 Å². The van der Waals surface area contributed by atoms with E-state index in [0.717, 1.165) is 11.1 Å². The number of nitrogens with one attached hydrogen (secondary N) is 1. The van der Waals surface area contributed by atoms with Crippen LogP contribution in [-0.2, 0) is 0 Å². The first-order valence-electron chi connectivity index (χ1n) is 6.23. The van der Waals surface area contributed by atoms with E-state index in [2.05, 4.69) is 10.3 Å². The molecule has 2 rings (SSSR count). The van der Waals surface area contributed by atoms with Gasteiger partial charge in [0.25, 0.3) is 5.69 Å². The van der Waals surface area contributed by atoms with Gasteiger partial charge < -0.3 is 11.1 Å². The summed E-state index contributed by atoms with van der Waals surface area (Å²) in [4.78, 5) is 14.2. The molecule has 1 atom stereocenters. The molecule has 0 fully saturated rings. The number of nitrogens with zero attached hydrogens (tertiary/aromatic N) is 2. The number of aromatic nitrogens is 1. The summed E-state index contributed by atoms with van der Waals surface area (Å²) in [6.45, 7) is 2.28. The summed E-state index contributed by atoms with van der Waals surface area (Å²) in [7, 11) is 0. The van der Waals surface area contributed by atoms with Crippen LogP contribution >= 0.6 is 0 Å². The van der Waals surface area contributed by atoms with Gasteiger partial charge in [-0.3, -0.25) is 10.1 Å². The molecule has 20 heavy (non-hydrogen) atoms. The molecule has 0 bridgehead atoms. The second-order valence-electron chi connectivity index (χ2n) is 4.51. The van der Waals surface area contributed by atoms with Crippen LogP contribution in [0, 0.1) is 17.0 Å². The average Bonchev–Trinajstić information content (AvgIpc) is 2.46. The fourth-order valence-corrected chi connectivity index (χ4v) is 1.87. The number of nitro groups is 1. The van der Waals surface area contributed by atoms with Crippen molar-refractivity contribution >= 4 is 11.5 Å². The number of hydrogen-bond acceptors (Lipinski definition) is 5. The van der Waals surface area contributed by atoms with Crippen LogP contribution in [0.25, 0.3) is 0 Å². The van der Waals surface area contributed by atoms with Crippen molar-refractivity contribution in [3.63, 3.8) is 0 Å². The van der Waals surface area contributed by atoms with E-state index in [9.17, 15) is 10.1 Å². The molecule has 6 nitrogen and oxygen atoms in total. The smallest absolute Gasteiger partial charge is 0.287 e. The molecule has 1 aromatic heterocycles. The van der Waals surface area contributed by atoms with E-state index in [1.54, 1.807) is 6.92 Å². The van der Waals surface area contributed by atoms with Crippen LogP contribution in [0.5, 0.6) is 0 Å². The van der Waals surface area contributed by atoms with Crippen LogP contribution in [0.4, 0.5) is 11.5 Å². The van der Waals surface area contributed by atoms with Crippen LogP contribution in [0.3, 0.4) is 0 Å². The number of aryl methyl sites for hydroxylation is 1. The van der Waals surface area contributed by atoms with E-state index in [0.29, 0.717) is 12.4 Å². The maximum Gasteiger partial charge on any atom is 0.287 e. The maximum absolute atomic E-state index is 10.6. The minimum Gasteiger partial charge on any atom is -0.368 e. The second-order valence-corrected chi connectivity index (χ2v) is 4.51. The second kappa shape index (κ2) is 6.12. The van der Waals surface area contributed by atoms with Crippen molar-refractivity contribution in [2.24, 2.45) is 5.73 Å². The van der Waals surface area contributed by atoms with Crippen LogP contribution in [0.15, 0.2) is 42.6 Å². The Kier molecular flexibility index (Phi) is 4.27. The minimum absolute atomic E-state index is 0.0135. The average molecular weight is 272 g/mol. The zero-order valence-electron chi connectivity index (χ0n) is 11.1. The van der Waals surface area contributed by atoms with E-state index in [-0.39, 0.29) is 11.7 Å². The topological polar surface area (TPSA) is 94.1 Å². The zero-order chi connectivity index (χ0) is 14.5. The monoisotopic (exact) mass is 272 g/mol. The highest BCUT2D eigenvalue weighted by Gasteiger charge is 2.11. The molecule has 1 unspecified atom stereocenters. The third-order valence-electron chi connectivity index (χ3n) is 2.99. The van der Waals surface area contributed by atoms with E-state index >= 15 is 0 Å². The van der Waals surface area contributed by atoms with E-state index in [1.165, 1.54) is 12.3 Å². The lowest BCUT2D eigenvalue weighted by molar-refractivity contribution is -0.385. The third kappa shape index (κ3) is 3.30. The van der Waals surface area contributed by atoms with E-state index in [4.69, 9.17) is 5.73 Å². The number of nitrogens with two attached hydrogens (primary N) is 1. The molecule has 2 aromatic rings. The van der Waals surface area contributed by atoms with Crippen molar-refractivity contribution in [1.29, 1.82) is 0 Å². The summed E-state index contributed by atoms with van der Waals surface area (Å²) in [6, 6.07) is 11.1. The molecule has 0 saturated heterocycles. The summed E-state index contributed by atoms with van der Waals surface area (Å²) in [6.07, 6.45) is 1.24. The predicted octanol–water partition coefficient (Wildman–Crippen LogP) is 2.41. The van der Waals surface area contributed by atoms with E-state index < -0.39 is 4.92 Å². The quantitative estimate of drug-likeness (QED) is 0.644. The van der Waals surface area contributed by atoms with Gasteiger partial charge in [0.1, 0.15) is 12.0 Å². The standard InChI is InChI=1S/C14H16N4O2/c1-10-7-12(18(19)20)8-16-14(10)17-9-13(15)11-5-3-2-4-6-11/h2-8,13H,9,15H2,1H3,(H,16,17). The molecule has 0 saturated carbocycles. The highest BCUT2D eigenvalue weighted by atomic mass is 16.6. The lowest BCUT2D eigenvalue weighted by Crippen LogP contribution is -2.21. The third-order valence-corrected chi connectivity index (χ3v) is 2.99. The number of benzene rings is 1. The largest absolute Gasteiger partial charge is 0.368 e. The number of pyridine rings is 1. The summed E-state index contributed by atoms with van der Waals surface area (Å²) in [5.41, 5.74) is 7.81. The van der Waals surface area contributed by atoms with Gasteiger partial charge in [0, 0.05) is 18.7 Å². The van der Waals surface area contributed by atoms with Gasteiger partial charge in [-0.25, -0.2) is 4.98 Å². The van der Waals surface area contributed by atoms with Gasteiger partial charge >= 0.3 is 0 Å². The van der Waals surface area contributed by atoms with Crippen molar-refractivity contribution in [3.8, 4) is 0 Å². The van der Waals surface area contributed by atoms with Gasteiger partial charge in [0.05, 0.1) is 4.92 Å². The lowest BCUT2D eigenvalue weighted by atomic mass is 10.1. The molecule has 0 aliphatic heterocycles. The summed E-state index contributed by atoms with van der Waals surface area (Å²) in [5, 5.41) is 13.8. The predicted molar refractivity (Wildman–Crippen MR) is 77.5 cm³/mol. The molecule has 0 aliphatic rings. The van der Waals surface area contributed by atoms with Gasteiger partial charge in [-0.1, -0.05) is 30.3 Å². The Balaban J connectivity index is 2.02. The first-order chi connectivity index (χ1) is 9.58. The molecule has 3 N–H and O–H groups in total. The molecule has 0 radical (unpaired) electrons. The molecular weight excluding hydrogens is 256 g/mol. The van der Waals surface area contributed by atoms with Crippen LogP contribution in [0.1, 0.15) is 17.2 Å². The molecule has 104 valence electrons. The molecule has 0 amide bonds. The van der Waals surface area contributed by atoms with Crippen molar-refractivity contribution in [2.75, 3.05) is 11.9 Å². The van der Waals surface area contributed by atoms with Crippen molar-refractivity contribution in [2.45, 2.75) is 13.0 Å². The van der Waals surface area contributed by atoms with Gasteiger partial charge in [-0.05, 0) is 18.1 Å². The lowest BCUT2D eigenvalue weighted by Gasteiger charge is -2.14. The Morgan fingerprint density at radius 1 is 1.40 bits per heavy atom. The highest BCUT2D eigenvalue weighted by Crippen LogP contribution is 2.18. The Morgan fingerprint density at radius 3 is 2.70 bits per heavy atom. The summed E-state index contributed by atoms with van der Waals surface area (Å²) < 4.78 is 0. The molecule has 1 heterocycles. The normalized spacial score (nSPS) is 11.9. The first-order valence-corrected chi connectivity index (χ1v) is 6.23. The molecule has 6 heteroatoms. The maximum atomic E-state index is 10.6. The Bertz CT molecular complexity index is 601. The molecule has 1 aromatic carbocycles. The van der Waals surface area contributed by atoms with Gasteiger partial charge in [0.15, 0.2) is 0 Å². The van der Waals surface area contributed by atoms with Crippen molar-refractivity contribution < 1.29 is 4.92 Å². The van der Waals surface area contributed by atoms with Crippen molar-refractivity contribution in [1.82, 2.24) is 4.98 Å². The fraction of sp³-hybridized carbons (Fsp3) is 0.214. The highest BCUT2D eigenvalue weighted by molar-refractivity contribution is 5.48. The van der Waals surface area contributed by atoms with Crippen LogP contribution < -0.4 is 11.1 Å². The molecule has 0 aliphatic carbocycles. The minimum atomic E-state index is -0.459. The SMILES string of the molecule is Cc1cc([N+](=O)[O-])cnc1NCC(N)c1ccccc1. The molecular formula is C14H16N4O2. The molecule has 0 spiro atoms. The van der Waals surface area contributed by atoms with Gasteiger partial charge in [0.2, 0.25) is 0 Å². The zero-order valence-corrected chi connectivity index (χ0v) is 11.1. The number of hydrogen-bond donors (Lipinski definition) is 2. The van der Waals surface area contributed by atoms with Crippen molar-refractivity contribution in [3.05, 3.63) is 63.8 Å². The van der Waals surface area contributed by atoms with Gasteiger partial charge in [-0.2, -0.15) is 0 Å². The number of rotatable bonds is 5. The summed E-state index contributed by atoms with van der Waals surface area (Å²) >= 11 is 0. The fourth-order valence-electron chi connectivity index (χ4n) is 1.87. The Morgan fingerprint density at radius 2 is 2.10 bits per heavy atom. The number of anilines is 1. The van der Waals surface area contributed by atoms with Crippen LogP contribution in [0.2, 0.25) is 0 Å². The Labute approximate surface area is 116 Å². The van der Waals surface area contributed by atoms with Gasteiger partial charge in [-0.15, -0.1) is 0 Å².